The van der Waals surface area contributed by atoms with Crippen LogP contribution in [0.3, 0.4) is 0 Å². The highest BCUT2D eigenvalue weighted by Gasteiger charge is 2.27. The van der Waals surface area contributed by atoms with Crippen molar-refractivity contribution < 1.29 is 4.79 Å². The molecule has 4 aromatic rings. The lowest BCUT2D eigenvalue weighted by Crippen LogP contribution is -2.33. The summed E-state index contributed by atoms with van der Waals surface area (Å²) in [5, 5.41) is 3.70. The zero-order chi connectivity index (χ0) is 23.1. The quantitative estimate of drug-likeness (QED) is 0.420. The van der Waals surface area contributed by atoms with Gasteiger partial charge in [-0.05, 0) is 69.7 Å². The Morgan fingerprint density at radius 3 is 2.67 bits per heavy atom. The molecule has 0 radical (unpaired) electrons. The zero-order valence-electron chi connectivity index (χ0n) is 19.1. The second-order valence-corrected chi connectivity index (χ2v) is 9.93. The van der Waals surface area contributed by atoms with Gasteiger partial charge in [-0.1, -0.05) is 42.0 Å². The van der Waals surface area contributed by atoms with Gasteiger partial charge in [-0.3, -0.25) is 14.2 Å². The van der Waals surface area contributed by atoms with Gasteiger partial charge in [0.15, 0.2) is 0 Å². The summed E-state index contributed by atoms with van der Waals surface area (Å²) >= 11 is 1.64. The van der Waals surface area contributed by atoms with Crippen LogP contribution >= 0.6 is 11.3 Å². The van der Waals surface area contributed by atoms with Crippen molar-refractivity contribution in [3.05, 3.63) is 80.5 Å². The monoisotopic (exact) mass is 457 g/mol. The SMILES string of the molecule is Cc1cccc(-c2nc3sc4c(c3c(=O)n2C(C)C(=O)Nc2ccccc2C)CCCC4)c1. The van der Waals surface area contributed by atoms with Crippen LogP contribution in [0.15, 0.2) is 53.3 Å². The van der Waals surface area contributed by atoms with Gasteiger partial charge < -0.3 is 5.32 Å². The highest BCUT2D eigenvalue weighted by Crippen LogP contribution is 2.35. The number of hydrogen-bond acceptors (Lipinski definition) is 4. The van der Waals surface area contributed by atoms with E-state index >= 15 is 0 Å². The van der Waals surface area contributed by atoms with E-state index in [1.54, 1.807) is 22.8 Å². The highest BCUT2D eigenvalue weighted by atomic mass is 32.1. The number of para-hydroxylation sites is 1. The fourth-order valence-electron chi connectivity index (χ4n) is 4.63. The molecule has 0 spiro atoms. The minimum atomic E-state index is -0.719. The molecule has 2 aromatic heterocycles. The molecule has 0 fully saturated rings. The number of aryl methyl sites for hydroxylation is 4. The number of carbonyl (C=O) groups excluding carboxylic acids is 1. The minimum absolute atomic E-state index is 0.122. The summed E-state index contributed by atoms with van der Waals surface area (Å²) in [6.45, 7) is 5.75. The van der Waals surface area contributed by atoms with Crippen molar-refractivity contribution in [3.63, 3.8) is 0 Å². The lowest BCUT2D eigenvalue weighted by Gasteiger charge is -2.20. The smallest absolute Gasteiger partial charge is 0.263 e. The van der Waals surface area contributed by atoms with Crippen LogP contribution in [-0.2, 0) is 17.6 Å². The van der Waals surface area contributed by atoms with Gasteiger partial charge in [0.25, 0.3) is 5.56 Å². The van der Waals surface area contributed by atoms with Crippen LogP contribution in [-0.4, -0.2) is 15.5 Å². The zero-order valence-corrected chi connectivity index (χ0v) is 20.0. The topological polar surface area (TPSA) is 64.0 Å². The van der Waals surface area contributed by atoms with Gasteiger partial charge in [0.1, 0.15) is 16.7 Å². The Balaban J connectivity index is 1.69. The van der Waals surface area contributed by atoms with Crippen LogP contribution in [0.2, 0.25) is 0 Å². The molecule has 5 nitrogen and oxygen atoms in total. The highest BCUT2D eigenvalue weighted by molar-refractivity contribution is 7.18. The number of nitrogens with zero attached hydrogens (tertiary/aromatic N) is 2. The molecule has 1 N–H and O–H groups in total. The third-order valence-electron chi connectivity index (χ3n) is 6.47. The third-order valence-corrected chi connectivity index (χ3v) is 7.65. The van der Waals surface area contributed by atoms with Crippen molar-refractivity contribution in [1.82, 2.24) is 9.55 Å². The first-order chi connectivity index (χ1) is 15.9. The van der Waals surface area contributed by atoms with Crippen LogP contribution < -0.4 is 10.9 Å². The van der Waals surface area contributed by atoms with Crippen LogP contribution in [0.4, 0.5) is 5.69 Å². The van der Waals surface area contributed by atoms with Crippen LogP contribution in [0.1, 0.15) is 47.4 Å². The number of nitrogens with one attached hydrogen (secondary N) is 1. The summed E-state index contributed by atoms with van der Waals surface area (Å²) in [6.07, 6.45) is 4.13. The molecule has 1 amide bonds. The van der Waals surface area contributed by atoms with E-state index in [4.69, 9.17) is 4.98 Å². The Kier molecular flexibility index (Phi) is 5.62. The summed E-state index contributed by atoms with van der Waals surface area (Å²) in [7, 11) is 0. The molecule has 0 aliphatic heterocycles. The molecule has 1 aliphatic rings. The van der Waals surface area contributed by atoms with Crippen molar-refractivity contribution >= 4 is 33.1 Å². The Labute approximate surface area is 197 Å². The average Bonchev–Trinajstić information content (AvgIpc) is 3.19. The van der Waals surface area contributed by atoms with Gasteiger partial charge in [0, 0.05) is 16.1 Å². The fraction of sp³-hybridized carbons (Fsp3) is 0.296. The molecular formula is C27H27N3O2S. The van der Waals surface area contributed by atoms with Crippen molar-refractivity contribution in [2.45, 2.75) is 52.5 Å². The summed E-state index contributed by atoms with van der Waals surface area (Å²) < 4.78 is 1.59. The van der Waals surface area contributed by atoms with E-state index in [1.165, 1.54) is 4.88 Å². The number of carbonyl (C=O) groups is 1. The van der Waals surface area contributed by atoms with Gasteiger partial charge in [-0.25, -0.2) is 4.98 Å². The second kappa shape index (κ2) is 8.60. The number of aromatic nitrogens is 2. The van der Waals surface area contributed by atoms with Crippen molar-refractivity contribution in [1.29, 1.82) is 0 Å². The number of anilines is 1. The maximum Gasteiger partial charge on any atom is 0.263 e. The van der Waals surface area contributed by atoms with E-state index in [0.717, 1.165) is 58.5 Å². The number of benzene rings is 2. The minimum Gasteiger partial charge on any atom is -0.324 e. The van der Waals surface area contributed by atoms with E-state index < -0.39 is 6.04 Å². The van der Waals surface area contributed by atoms with E-state index in [9.17, 15) is 9.59 Å². The van der Waals surface area contributed by atoms with Crippen LogP contribution in [0, 0.1) is 13.8 Å². The van der Waals surface area contributed by atoms with Gasteiger partial charge >= 0.3 is 0 Å². The molecule has 2 aromatic carbocycles. The first-order valence-corrected chi connectivity index (χ1v) is 12.3. The van der Waals surface area contributed by atoms with Gasteiger partial charge in [0.2, 0.25) is 5.91 Å². The summed E-state index contributed by atoms with van der Waals surface area (Å²) in [6, 6.07) is 14.9. The van der Waals surface area contributed by atoms with Crippen molar-refractivity contribution in [3.8, 4) is 11.4 Å². The largest absolute Gasteiger partial charge is 0.324 e. The number of hydrogen-bond donors (Lipinski definition) is 1. The maximum absolute atomic E-state index is 14.0. The molecule has 168 valence electrons. The number of rotatable bonds is 4. The molecule has 6 heteroatoms. The molecule has 0 saturated heterocycles. The second-order valence-electron chi connectivity index (χ2n) is 8.85. The van der Waals surface area contributed by atoms with Gasteiger partial charge in [0.05, 0.1) is 5.39 Å². The number of fused-ring (bicyclic) bond motifs is 3. The van der Waals surface area contributed by atoms with E-state index in [-0.39, 0.29) is 11.5 Å². The summed E-state index contributed by atoms with van der Waals surface area (Å²) in [4.78, 5) is 34.3. The predicted molar refractivity (Wildman–Crippen MR) is 135 cm³/mol. The Bertz CT molecular complexity index is 1430. The predicted octanol–water partition coefficient (Wildman–Crippen LogP) is 5.82. The lowest BCUT2D eigenvalue weighted by molar-refractivity contribution is -0.118. The molecule has 0 bridgehead atoms. The van der Waals surface area contributed by atoms with E-state index in [0.29, 0.717) is 11.2 Å². The molecule has 0 saturated carbocycles. The summed E-state index contributed by atoms with van der Waals surface area (Å²) in [5.41, 5.74) is 4.66. The first kappa shape index (κ1) is 21.6. The van der Waals surface area contributed by atoms with Gasteiger partial charge in [-0.2, -0.15) is 0 Å². The van der Waals surface area contributed by atoms with Crippen molar-refractivity contribution in [2.24, 2.45) is 0 Å². The number of thiophene rings is 1. The Hall–Kier alpha value is -3.25. The third kappa shape index (κ3) is 3.89. The first-order valence-electron chi connectivity index (χ1n) is 11.4. The average molecular weight is 458 g/mol. The van der Waals surface area contributed by atoms with Crippen LogP contribution in [0.25, 0.3) is 21.6 Å². The van der Waals surface area contributed by atoms with E-state index in [2.05, 4.69) is 5.32 Å². The molecule has 5 rings (SSSR count). The molecule has 1 aliphatic carbocycles. The van der Waals surface area contributed by atoms with Crippen molar-refractivity contribution in [2.75, 3.05) is 5.32 Å². The van der Waals surface area contributed by atoms with Crippen LogP contribution in [0.5, 0.6) is 0 Å². The molecular weight excluding hydrogens is 430 g/mol. The fourth-order valence-corrected chi connectivity index (χ4v) is 5.88. The molecule has 2 heterocycles. The number of amides is 1. The lowest BCUT2D eigenvalue weighted by atomic mass is 9.97. The Morgan fingerprint density at radius 1 is 1.09 bits per heavy atom. The Morgan fingerprint density at radius 2 is 1.88 bits per heavy atom. The van der Waals surface area contributed by atoms with E-state index in [1.807, 2.05) is 62.4 Å². The normalized spacial score (nSPS) is 14.2. The standard InChI is InChI=1S/C27H27N3O2S/c1-16-9-8-11-19(15-16)24-29-26-23(20-12-5-7-14-22(20)33-26)27(32)30(24)18(3)25(31)28-21-13-6-4-10-17(21)2/h4,6,8-11,13,15,18H,5,7,12,14H2,1-3H3,(H,28,31). The molecule has 1 atom stereocenters. The molecule has 1 unspecified atom stereocenters. The molecule has 33 heavy (non-hydrogen) atoms. The maximum atomic E-state index is 14.0. The summed E-state index contributed by atoms with van der Waals surface area (Å²) in [5.74, 6) is 0.313. The van der Waals surface area contributed by atoms with Gasteiger partial charge in [-0.15, -0.1) is 11.3 Å².